The van der Waals surface area contributed by atoms with E-state index < -0.39 is 5.60 Å². The molecule has 1 aliphatic carbocycles. The summed E-state index contributed by atoms with van der Waals surface area (Å²) in [6.45, 7) is 3.13. The molecule has 1 saturated heterocycles. The van der Waals surface area contributed by atoms with E-state index in [0.29, 0.717) is 42.2 Å². The lowest BCUT2D eigenvalue weighted by molar-refractivity contribution is -0.119. The molecule has 0 radical (unpaired) electrons. The summed E-state index contributed by atoms with van der Waals surface area (Å²) in [6.07, 6.45) is 5.39. The van der Waals surface area contributed by atoms with E-state index in [-0.39, 0.29) is 36.2 Å². The van der Waals surface area contributed by atoms with Crippen molar-refractivity contribution in [2.24, 2.45) is 23.5 Å². The van der Waals surface area contributed by atoms with Crippen LogP contribution in [0.15, 0.2) is 36.8 Å². The Labute approximate surface area is 189 Å². The van der Waals surface area contributed by atoms with Gasteiger partial charge in [0.05, 0.1) is 24.2 Å². The number of carbonyl (C=O) groups is 2. The number of ether oxygens (including phenoxy) is 1. The summed E-state index contributed by atoms with van der Waals surface area (Å²) < 4.78 is 7.60. The highest BCUT2D eigenvalue weighted by atomic mass is 16.5. The van der Waals surface area contributed by atoms with Crippen LogP contribution in [-0.2, 0) is 11.2 Å². The number of piperidine rings is 1. The molecule has 3 aromatic rings. The highest BCUT2D eigenvalue weighted by molar-refractivity contribution is 6.09. The number of aromatic nitrogens is 3. The topological polar surface area (TPSA) is 135 Å². The van der Waals surface area contributed by atoms with Crippen molar-refractivity contribution in [3.05, 3.63) is 47.9 Å². The Balaban J connectivity index is 1.34. The molecule has 0 spiro atoms. The molecular weight excluding hydrogens is 424 g/mol. The Kier molecular flexibility index (Phi) is 4.19. The number of hydrogen-bond donors (Lipinski definition) is 3. The molecule has 2 aromatic heterocycles. The molecule has 10 heteroatoms. The predicted octanol–water partition coefficient (Wildman–Crippen LogP) is 0.835. The molecule has 4 N–H and O–H groups in total. The van der Waals surface area contributed by atoms with Crippen molar-refractivity contribution in [2.75, 3.05) is 29.9 Å². The van der Waals surface area contributed by atoms with E-state index in [1.165, 1.54) is 6.20 Å². The van der Waals surface area contributed by atoms with Crippen LogP contribution in [0.25, 0.3) is 5.65 Å². The molecule has 0 bridgehead atoms. The first kappa shape index (κ1) is 20.0. The maximum Gasteiger partial charge on any atom is 0.261 e. The molecule has 2 amide bonds. The SMILES string of the molecule is C[C@]1(CO)Cc2cc(NC(=O)c3cnn4cccnc34)c(N3C[C@H]4C(C(N)=O)[C@@H]4C3)cc2O1. The van der Waals surface area contributed by atoms with Crippen LogP contribution in [0.1, 0.15) is 22.8 Å². The van der Waals surface area contributed by atoms with Gasteiger partial charge in [0.1, 0.15) is 16.9 Å². The Hall–Kier alpha value is -3.66. The fourth-order valence-electron chi connectivity index (χ4n) is 5.32. The Morgan fingerprint density at radius 3 is 2.85 bits per heavy atom. The third kappa shape index (κ3) is 3.12. The van der Waals surface area contributed by atoms with Gasteiger partial charge in [-0.05, 0) is 30.9 Å². The Morgan fingerprint density at radius 1 is 1.33 bits per heavy atom. The smallest absolute Gasteiger partial charge is 0.261 e. The van der Waals surface area contributed by atoms with Gasteiger partial charge in [0.2, 0.25) is 5.91 Å². The molecule has 10 nitrogen and oxygen atoms in total. The summed E-state index contributed by atoms with van der Waals surface area (Å²) >= 11 is 0. The first-order valence-electron chi connectivity index (χ1n) is 11.0. The summed E-state index contributed by atoms with van der Waals surface area (Å²) in [4.78, 5) is 31.2. The number of anilines is 2. The van der Waals surface area contributed by atoms with Crippen LogP contribution in [0.4, 0.5) is 11.4 Å². The van der Waals surface area contributed by atoms with Gasteiger partial charge in [-0.1, -0.05) is 0 Å². The van der Waals surface area contributed by atoms with Crippen LogP contribution in [-0.4, -0.2) is 56.8 Å². The second kappa shape index (κ2) is 6.92. The average molecular weight is 448 g/mol. The molecule has 0 unspecified atom stereocenters. The molecule has 2 aliphatic heterocycles. The van der Waals surface area contributed by atoms with Crippen LogP contribution in [0.3, 0.4) is 0 Å². The fraction of sp³-hybridized carbons (Fsp3) is 0.391. The summed E-state index contributed by atoms with van der Waals surface area (Å²) in [5, 5.41) is 17.0. The number of nitrogens with two attached hydrogens (primary N) is 1. The van der Waals surface area contributed by atoms with Crippen LogP contribution in [0.5, 0.6) is 5.75 Å². The molecule has 1 aromatic carbocycles. The van der Waals surface area contributed by atoms with E-state index in [1.54, 1.807) is 23.0 Å². The van der Waals surface area contributed by atoms with Crippen LogP contribution in [0, 0.1) is 17.8 Å². The van der Waals surface area contributed by atoms with E-state index in [0.717, 1.165) is 11.3 Å². The number of carbonyl (C=O) groups excluding carboxylic acids is 2. The van der Waals surface area contributed by atoms with E-state index in [1.807, 2.05) is 19.1 Å². The number of aliphatic hydroxyl groups is 1. The number of aliphatic hydroxyl groups excluding tert-OH is 1. The van der Waals surface area contributed by atoms with Gasteiger partial charge in [0.15, 0.2) is 5.65 Å². The highest BCUT2D eigenvalue weighted by Crippen LogP contribution is 2.54. The zero-order valence-corrected chi connectivity index (χ0v) is 18.1. The van der Waals surface area contributed by atoms with Gasteiger partial charge in [-0.3, -0.25) is 9.59 Å². The van der Waals surface area contributed by atoms with E-state index in [9.17, 15) is 14.7 Å². The number of nitrogens with one attached hydrogen (secondary N) is 1. The largest absolute Gasteiger partial charge is 0.484 e. The number of primary amides is 1. The van der Waals surface area contributed by atoms with Crippen molar-refractivity contribution >= 4 is 28.8 Å². The van der Waals surface area contributed by atoms with Gasteiger partial charge < -0.3 is 25.8 Å². The van der Waals surface area contributed by atoms with Crippen molar-refractivity contribution in [2.45, 2.75) is 18.9 Å². The van der Waals surface area contributed by atoms with Gasteiger partial charge in [-0.15, -0.1) is 0 Å². The van der Waals surface area contributed by atoms with Crippen LogP contribution in [0.2, 0.25) is 0 Å². The highest BCUT2D eigenvalue weighted by Gasteiger charge is 2.59. The minimum absolute atomic E-state index is 0.0625. The van der Waals surface area contributed by atoms with Crippen LogP contribution < -0.4 is 20.7 Å². The maximum atomic E-state index is 13.2. The molecule has 33 heavy (non-hydrogen) atoms. The fourth-order valence-corrected chi connectivity index (χ4v) is 5.32. The van der Waals surface area contributed by atoms with Crippen molar-refractivity contribution < 1.29 is 19.4 Å². The summed E-state index contributed by atoms with van der Waals surface area (Å²) in [5.74, 6) is 0.568. The van der Waals surface area contributed by atoms with E-state index in [2.05, 4.69) is 20.3 Å². The molecule has 170 valence electrons. The van der Waals surface area contributed by atoms with Gasteiger partial charge in [0, 0.05) is 49.5 Å². The van der Waals surface area contributed by atoms with Gasteiger partial charge in [-0.25, -0.2) is 9.50 Å². The third-order valence-electron chi connectivity index (χ3n) is 7.07. The molecule has 6 rings (SSSR count). The number of nitrogens with zero attached hydrogens (tertiary/aromatic N) is 4. The Bertz CT molecular complexity index is 1290. The molecule has 4 heterocycles. The van der Waals surface area contributed by atoms with Gasteiger partial charge >= 0.3 is 0 Å². The number of hydrogen-bond acceptors (Lipinski definition) is 7. The summed E-state index contributed by atoms with van der Waals surface area (Å²) in [7, 11) is 0. The first-order valence-corrected chi connectivity index (χ1v) is 11.0. The first-order chi connectivity index (χ1) is 15.9. The zero-order valence-electron chi connectivity index (χ0n) is 18.1. The molecule has 3 atom stereocenters. The second-order valence-corrected chi connectivity index (χ2v) is 9.43. The average Bonchev–Trinajstić information content (AvgIpc) is 3.15. The number of benzene rings is 1. The summed E-state index contributed by atoms with van der Waals surface area (Å²) in [5.41, 5.74) is 8.06. The lowest BCUT2D eigenvalue weighted by Gasteiger charge is -2.25. The number of amides is 2. The van der Waals surface area contributed by atoms with Gasteiger partial charge in [-0.2, -0.15) is 5.10 Å². The lowest BCUT2D eigenvalue weighted by atomic mass is 9.99. The predicted molar refractivity (Wildman–Crippen MR) is 119 cm³/mol. The van der Waals surface area contributed by atoms with Gasteiger partial charge in [0.25, 0.3) is 5.91 Å². The van der Waals surface area contributed by atoms with E-state index in [4.69, 9.17) is 10.5 Å². The molecular formula is C23H24N6O4. The lowest BCUT2D eigenvalue weighted by Crippen LogP contribution is -2.34. The maximum absolute atomic E-state index is 13.2. The second-order valence-electron chi connectivity index (χ2n) is 9.43. The minimum Gasteiger partial charge on any atom is -0.484 e. The number of rotatable bonds is 5. The zero-order chi connectivity index (χ0) is 22.9. The molecule has 3 aliphatic rings. The minimum atomic E-state index is -0.696. The molecule has 1 saturated carbocycles. The van der Waals surface area contributed by atoms with Crippen molar-refractivity contribution in [1.29, 1.82) is 0 Å². The molecule has 2 fully saturated rings. The normalized spacial score (nSPS) is 27.2. The standard InChI is InChI=1S/C23H24N6O4/c1-23(11-30)7-12-5-16(27-22(32)13-8-26-29-4-2-3-25-21(13)29)17(6-18(12)33-23)28-9-14-15(10-28)19(14)20(24)31/h2-6,8,14-15,19,30H,7,9-11H2,1H3,(H2,24,31)(H,27,32)/t14-,15-,23-/m1/s1. The van der Waals surface area contributed by atoms with Crippen molar-refractivity contribution in [3.8, 4) is 5.75 Å². The summed E-state index contributed by atoms with van der Waals surface area (Å²) in [6, 6.07) is 5.58. The quantitative estimate of drug-likeness (QED) is 0.526. The van der Waals surface area contributed by atoms with E-state index >= 15 is 0 Å². The monoisotopic (exact) mass is 448 g/mol. The van der Waals surface area contributed by atoms with Crippen LogP contribution >= 0.6 is 0 Å². The van der Waals surface area contributed by atoms with Crippen molar-refractivity contribution in [3.63, 3.8) is 0 Å². The third-order valence-corrected chi connectivity index (χ3v) is 7.07. The Morgan fingerprint density at radius 2 is 2.12 bits per heavy atom. The number of fused-ring (bicyclic) bond motifs is 3. The van der Waals surface area contributed by atoms with Crippen molar-refractivity contribution in [1.82, 2.24) is 14.6 Å².